The van der Waals surface area contributed by atoms with Gasteiger partial charge in [0.25, 0.3) is 0 Å². The molecule has 1 aliphatic heterocycles. The molecule has 0 aromatic rings. The fraction of sp³-hybridized carbons (Fsp3) is 0.778. The molecule has 1 saturated heterocycles. The van der Waals surface area contributed by atoms with E-state index in [-0.39, 0.29) is 17.4 Å². The predicted molar refractivity (Wildman–Crippen MR) is 46.5 cm³/mol. The fourth-order valence-corrected chi connectivity index (χ4v) is 2.16. The summed E-state index contributed by atoms with van der Waals surface area (Å²) in [5, 5.41) is 11.7. The van der Waals surface area contributed by atoms with Gasteiger partial charge in [0.1, 0.15) is 0 Å². The lowest BCUT2D eigenvalue weighted by molar-refractivity contribution is -0.119. The lowest BCUT2D eigenvalue weighted by Gasteiger charge is -2.16. The topological polar surface area (TPSA) is 56.1 Å². The molecule has 2 fully saturated rings. The van der Waals surface area contributed by atoms with E-state index >= 15 is 0 Å². The van der Waals surface area contributed by atoms with Crippen molar-refractivity contribution < 1.29 is 4.79 Å². The Labute approximate surface area is 77.5 Å². The van der Waals surface area contributed by atoms with E-state index in [4.69, 9.17) is 5.26 Å². The van der Waals surface area contributed by atoms with E-state index in [1.165, 1.54) is 6.92 Å². The van der Waals surface area contributed by atoms with Gasteiger partial charge in [-0.05, 0) is 12.8 Å². The minimum atomic E-state index is 0.0102. The number of nitrogens with one attached hydrogen (secondary N) is 1. The Morgan fingerprint density at radius 2 is 2.38 bits per heavy atom. The summed E-state index contributed by atoms with van der Waals surface area (Å²) in [5.41, 5.74) is 0.238. The molecule has 2 aliphatic rings. The molecule has 1 amide bonds. The zero-order valence-corrected chi connectivity index (χ0v) is 7.71. The van der Waals surface area contributed by atoms with Crippen LogP contribution in [-0.2, 0) is 4.79 Å². The van der Waals surface area contributed by atoms with Crippen molar-refractivity contribution in [3.8, 4) is 6.19 Å². The summed E-state index contributed by atoms with van der Waals surface area (Å²) in [6.45, 7) is 3.05. The third-order valence-corrected chi connectivity index (χ3v) is 3.06. The maximum absolute atomic E-state index is 10.9. The summed E-state index contributed by atoms with van der Waals surface area (Å²) in [7, 11) is 0. The fourth-order valence-electron chi connectivity index (χ4n) is 2.16. The van der Waals surface area contributed by atoms with Crippen LogP contribution >= 0.6 is 0 Å². The van der Waals surface area contributed by atoms with Gasteiger partial charge >= 0.3 is 0 Å². The van der Waals surface area contributed by atoms with Crippen LogP contribution in [0, 0.1) is 16.9 Å². The quantitative estimate of drug-likeness (QED) is 0.579. The van der Waals surface area contributed by atoms with Gasteiger partial charge in [0.05, 0.1) is 6.04 Å². The van der Waals surface area contributed by atoms with Crippen LogP contribution in [0.1, 0.15) is 19.8 Å². The van der Waals surface area contributed by atoms with E-state index in [9.17, 15) is 4.79 Å². The second-order valence-corrected chi connectivity index (χ2v) is 4.10. The maximum atomic E-state index is 10.9. The van der Waals surface area contributed by atoms with Gasteiger partial charge < -0.3 is 10.2 Å². The average Bonchev–Trinajstić information content (AvgIpc) is 2.73. The first-order valence-corrected chi connectivity index (χ1v) is 4.58. The number of nitrogens with zero attached hydrogens (tertiary/aromatic N) is 2. The number of rotatable bonds is 1. The largest absolute Gasteiger partial charge is 0.351 e. The SMILES string of the molecule is CC(=O)NC1CN(C#N)CC12CC2. The third kappa shape index (κ3) is 1.35. The molecule has 0 aromatic heterocycles. The number of carbonyl (C=O) groups is 1. The molecule has 0 bridgehead atoms. The van der Waals surface area contributed by atoms with Crippen molar-refractivity contribution in [3.63, 3.8) is 0 Å². The molecule has 1 N–H and O–H groups in total. The van der Waals surface area contributed by atoms with Crippen LogP contribution in [0.5, 0.6) is 0 Å². The van der Waals surface area contributed by atoms with E-state index in [0.29, 0.717) is 6.54 Å². The van der Waals surface area contributed by atoms with E-state index < -0.39 is 0 Å². The van der Waals surface area contributed by atoms with Gasteiger partial charge in [0, 0.05) is 25.4 Å². The van der Waals surface area contributed by atoms with E-state index in [0.717, 1.165) is 19.4 Å². The van der Waals surface area contributed by atoms with Crippen LogP contribution in [0.3, 0.4) is 0 Å². The van der Waals surface area contributed by atoms with Crippen molar-refractivity contribution in [2.24, 2.45) is 5.41 Å². The Balaban J connectivity index is 2.04. The lowest BCUT2D eigenvalue weighted by Crippen LogP contribution is -2.39. The van der Waals surface area contributed by atoms with Crippen LogP contribution in [0.2, 0.25) is 0 Å². The monoisotopic (exact) mass is 179 g/mol. The van der Waals surface area contributed by atoms with Gasteiger partial charge in [-0.2, -0.15) is 5.26 Å². The van der Waals surface area contributed by atoms with Crippen molar-refractivity contribution in [2.45, 2.75) is 25.8 Å². The molecule has 1 atom stereocenters. The highest BCUT2D eigenvalue weighted by Crippen LogP contribution is 2.52. The van der Waals surface area contributed by atoms with Gasteiger partial charge in [-0.25, -0.2) is 0 Å². The number of carbonyl (C=O) groups excluding carboxylic acids is 1. The van der Waals surface area contributed by atoms with Gasteiger partial charge in [0.2, 0.25) is 5.91 Å². The first-order chi connectivity index (χ1) is 6.16. The number of likely N-dealkylation sites (tertiary alicyclic amines) is 1. The van der Waals surface area contributed by atoms with Crippen LogP contribution < -0.4 is 5.32 Å². The molecule has 13 heavy (non-hydrogen) atoms. The summed E-state index contributed by atoms with van der Waals surface area (Å²) in [6.07, 6.45) is 4.44. The molecule has 70 valence electrons. The minimum Gasteiger partial charge on any atom is -0.351 e. The highest BCUT2D eigenvalue weighted by molar-refractivity contribution is 5.73. The molecule has 2 rings (SSSR count). The Morgan fingerprint density at radius 3 is 2.85 bits per heavy atom. The predicted octanol–water partition coefficient (Wildman–Crippen LogP) is 0.0680. The standard InChI is InChI=1S/C9H13N3O/c1-7(13)11-8-4-12(6-10)5-9(8)2-3-9/h8H,2-5H2,1H3,(H,11,13). The Morgan fingerprint density at radius 1 is 1.69 bits per heavy atom. The third-order valence-electron chi connectivity index (χ3n) is 3.06. The summed E-state index contributed by atoms with van der Waals surface area (Å²) in [5.74, 6) is 0.0102. The van der Waals surface area contributed by atoms with Crippen molar-refractivity contribution in [3.05, 3.63) is 0 Å². The highest BCUT2D eigenvalue weighted by Gasteiger charge is 2.55. The number of nitriles is 1. The molecule has 4 heteroatoms. The Kier molecular flexibility index (Phi) is 1.69. The summed E-state index contributed by atoms with van der Waals surface area (Å²) >= 11 is 0. The van der Waals surface area contributed by atoms with Gasteiger partial charge in [-0.15, -0.1) is 0 Å². The minimum absolute atomic E-state index is 0.0102. The van der Waals surface area contributed by atoms with Crippen LogP contribution in [-0.4, -0.2) is 29.9 Å². The maximum Gasteiger partial charge on any atom is 0.217 e. The van der Waals surface area contributed by atoms with Crippen molar-refractivity contribution >= 4 is 5.91 Å². The molecular formula is C9H13N3O. The lowest BCUT2D eigenvalue weighted by atomic mass is 10.0. The first-order valence-electron chi connectivity index (χ1n) is 4.58. The molecule has 0 radical (unpaired) electrons. The molecule has 4 nitrogen and oxygen atoms in total. The summed E-state index contributed by atoms with van der Waals surface area (Å²) in [6, 6.07) is 0.199. The molecular weight excluding hydrogens is 166 g/mol. The molecule has 1 heterocycles. The second-order valence-electron chi connectivity index (χ2n) is 4.10. The van der Waals surface area contributed by atoms with Gasteiger partial charge in [-0.1, -0.05) is 0 Å². The van der Waals surface area contributed by atoms with E-state index in [1.807, 2.05) is 0 Å². The van der Waals surface area contributed by atoms with Crippen molar-refractivity contribution in [2.75, 3.05) is 13.1 Å². The molecule has 1 saturated carbocycles. The number of hydrogen-bond acceptors (Lipinski definition) is 3. The summed E-state index contributed by atoms with van der Waals surface area (Å²) in [4.78, 5) is 12.6. The first kappa shape index (κ1) is 8.36. The smallest absolute Gasteiger partial charge is 0.217 e. The van der Waals surface area contributed by atoms with Crippen molar-refractivity contribution in [1.29, 1.82) is 5.26 Å². The Bertz CT molecular complexity index is 277. The normalized spacial score (nSPS) is 28.6. The molecule has 1 aliphatic carbocycles. The zero-order chi connectivity index (χ0) is 9.47. The van der Waals surface area contributed by atoms with Crippen LogP contribution in [0.15, 0.2) is 0 Å². The Hall–Kier alpha value is -1.24. The van der Waals surface area contributed by atoms with E-state index in [2.05, 4.69) is 11.5 Å². The number of amides is 1. The molecule has 0 aromatic carbocycles. The van der Waals surface area contributed by atoms with Crippen LogP contribution in [0.4, 0.5) is 0 Å². The average molecular weight is 179 g/mol. The summed E-state index contributed by atoms with van der Waals surface area (Å²) < 4.78 is 0. The van der Waals surface area contributed by atoms with Gasteiger partial charge in [-0.3, -0.25) is 4.79 Å². The van der Waals surface area contributed by atoms with Crippen molar-refractivity contribution in [1.82, 2.24) is 10.2 Å². The van der Waals surface area contributed by atoms with Gasteiger partial charge in [0.15, 0.2) is 6.19 Å². The highest BCUT2D eigenvalue weighted by atomic mass is 16.1. The second kappa shape index (κ2) is 2.63. The van der Waals surface area contributed by atoms with Crippen LogP contribution in [0.25, 0.3) is 0 Å². The number of hydrogen-bond donors (Lipinski definition) is 1. The zero-order valence-electron chi connectivity index (χ0n) is 7.71. The molecule has 1 spiro atoms. The van der Waals surface area contributed by atoms with E-state index in [1.54, 1.807) is 4.90 Å². The molecule has 1 unspecified atom stereocenters.